The fourth-order valence-electron chi connectivity index (χ4n) is 1.44. The maximum absolute atomic E-state index is 12.5. The molecule has 0 aliphatic rings. The number of aromatic nitrogens is 6. The van der Waals surface area contributed by atoms with Crippen molar-refractivity contribution in [1.82, 2.24) is 29.8 Å². The van der Waals surface area contributed by atoms with Gasteiger partial charge in [-0.25, -0.2) is 9.67 Å². The third kappa shape index (κ3) is 2.73. The number of hydrogen-bond acceptors (Lipinski definition) is 6. The van der Waals surface area contributed by atoms with Crippen LogP contribution in [0.5, 0.6) is 0 Å². The van der Waals surface area contributed by atoms with Gasteiger partial charge in [0.25, 0.3) is 11.5 Å². The predicted octanol–water partition coefficient (Wildman–Crippen LogP) is -0.425. The molecule has 0 saturated heterocycles. The van der Waals surface area contributed by atoms with E-state index in [1.165, 1.54) is 7.05 Å². The summed E-state index contributed by atoms with van der Waals surface area (Å²) in [4.78, 5) is 26.8. The minimum absolute atomic E-state index is 0.0471. The Morgan fingerprint density at radius 2 is 2.00 bits per heavy atom. The van der Waals surface area contributed by atoms with Gasteiger partial charge in [-0.2, -0.15) is 13.2 Å². The molecule has 0 bridgehead atoms. The number of nitrogens with one attached hydrogen (secondary N) is 1. The lowest BCUT2D eigenvalue weighted by Gasteiger charge is -2.10. The van der Waals surface area contributed by atoms with Gasteiger partial charge in [0, 0.05) is 20.3 Å². The number of hydrogen-bond donors (Lipinski definition) is 1. The van der Waals surface area contributed by atoms with Crippen LogP contribution >= 0.6 is 0 Å². The van der Waals surface area contributed by atoms with Crippen molar-refractivity contribution in [3.63, 3.8) is 0 Å². The van der Waals surface area contributed by atoms with Crippen LogP contribution in [-0.2, 0) is 20.3 Å². The lowest BCUT2D eigenvalue weighted by molar-refractivity contribution is -0.139. The second kappa shape index (κ2) is 4.96. The van der Waals surface area contributed by atoms with E-state index in [-0.39, 0.29) is 5.95 Å². The van der Waals surface area contributed by atoms with Crippen molar-refractivity contribution < 1.29 is 18.0 Å². The summed E-state index contributed by atoms with van der Waals surface area (Å²) in [7, 11) is 2.45. The molecule has 0 aromatic carbocycles. The largest absolute Gasteiger partial charge is 0.423 e. The van der Waals surface area contributed by atoms with E-state index < -0.39 is 29.0 Å². The number of tetrazole rings is 1. The Kier molecular flexibility index (Phi) is 3.45. The lowest BCUT2D eigenvalue weighted by atomic mass is 10.3. The van der Waals surface area contributed by atoms with E-state index in [0.717, 1.165) is 11.7 Å². The first-order chi connectivity index (χ1) is 9.71. The van der Waals surface area contributed by atoms with Crippen LogP contribution in [0.25, 0.3) is 0 Å². The first kappa shape index (κ1) is 14.6. The highest BCUT2D eigenvalue weighted by Crippen LogP contribution is 2.25. The number of amides is 1. The zero-order valence-electron chi connectivity index (χ0n) is 10.7. The number of aryl methyl sites for hydroxylation is 1. The normalized spacial score (nSPS) is 11.5. The molecule has 2 rings (SSSR count). The monoisotopic (exact) mass is 303 g/mol. The van der Waals surface area contributed by atoms with Crippen LogP contribution in [0.15, 0.2) is 11.0 Å². The smallest absolute Gasteiger partial charge is 0.291 e. The summed E-state index contributed by atoms with van der Waals surface area (Å²) >= 11 is 0. The van der Waals surface area contributed by atoms with Gasteiger partial charge < -0.3 is 0 Å². The molecule has 0 saturated carbocycles. The van der Waals surface area contributed by atoms with Gasteiger partial charge in [0.15, 0.2) is 0 Å². The number of carbonyl (C=O) groups is 1. The first-order valence-electron chi connectivity index (χ1n) is 5.38. The molecular formula is C9H8F3N7O2. The topological polar surface area (TPSA) is 108 Å². The van der Waals surface area contributed by atoms with Crippen molar-refractivity contribution in [3.8, 4) is 0 Å². The van der Waals surface area contributed by atoms with Gasteiger partial charge in [-0.05, 0) is 10.4 Å². The molecule has 2 aromatic rings. The minimum Gasteiger partial charge on any atom is -0.291 e. The zero-order valence-corrected chi connectivity index (χ0v) is 10.7. The van der Waals surface area contributed by atoms with E-state index in [0.29, 0.717) is 10.8 Å². The molecule has 12 heteroatoms. The van der Waals surface area contributed by atoms with Gasteiger partial charge >= 0.3 is 6.18 Å². The standard InChI is InChI=1S/C9H8F3N7O2/c1-18-5(6(20)14-8-15-16-17-19(8)2)13-3-4(7(18)21)9(10,11)12/h3H,1-2H3,(H,14,15,17,20). The fourth-order valence-corrected chi connectivity index (χ4v) is 1.44. The first-order valence-corrected chi connectivity index (χ1v) is 5.38. The van der Waals surface area contributed by atoms with Crippen LogP contribution in [0.3, 0.4) is 0 Å². The molecule has 0 fully saturated rings. The number of carbonyl (C=O) groups excluding carboxylic acids is 1. The fraction of sp³-hybridized carbons (Fsp3) is 0.333. The van der Waals surface area contributed by atoms with Crippen molar-refractivity contribution in [1.29, 1.82) is 0 Å². The van der Waals surface area contributed by atoms with E-state index in [1.807, 2.05) is 0 Å². The number of alkyl halides is 3. The SMILES string of the molecule is Cn1nnnc1NC(=O)c1ncc(C(F)(F)F)c(=O)n1C. The predicted molar refractivity (Wildman–Crippen MR) is 61.2 cm³/mol. The Hall–Kier alpha value is -2.79. The molecular weight excluding hydrogens is 295 g/mol. The van der Waals surface area contributed by atoms with Crippen molar-refractivity contribution in [2.24, 2.45) is 14.1 Å². The van der Waals surface area contributed by atoms with Gasteiger partial charge in [0.2, 0.25) is 11.8 Å². The van der Waals surface area contributed by atoms with Crippen LogP contribution in [0.2, 0.25) is 0 Å². The van der Waals surface area contributed by atoms with E-state index in [2.05, 4.69) is 25.8 Å². The Labute approximate surface area is 114 Å². The quantitative estimate of drug-likeness (QED) is 0.807. The van der Waals surface area contributed by atoms with Crippen LogP contribution in [0.1, 0.15) is 16.2 Å². The molecule has 21 heavy (non-hydrogen) atoms. The highest BCUT2D eigenvalue weighted by molar-refractivity contribution is 6.00. The van der Waals surface area contributed by atoms with E-state index in [9.17, 15) is 22.8 Å². The zero-order chi connectivity index (χ0) is 15.8. The van der Waals surface area contributed by atoms with Gasteiger partial charge in [0.1, 0.15) is 5.56 Å². The summed E-state index contributed by atoms with van der Waals surface area (Å²) < 4.78 is 39.2. The highest BCUT2D eigenvalue weighted by Gasteiger charge is 2.35. The molecule has 1 amide bonds. The number of nitrogens with zero attached hydrogens (tertiary/aromatic N) is 6. The van der Waals surface area contributed by atoms with E-state index in [4.69, 9.17) is 0 Å². The van der Waals surface area contributed by atoms with Crippen molar-refractivity contribution in [3.05, 3.63) is 27.9 Å². The summed E-state index contributed by atoms with van der Waals surface area (Å²) in [5.74, 6) is -1.47. The molecule has 0 aliphatic carbocycles. The second-order valence-electron chi connectivity index (χ2n) is 3.94. The van der Waals surface area contributed by atoms with Crippen molar-refractivity contribution in [2.75, 3.05) is 5.32 Å². The Balaban J connectivity index is 2.38. The van der Waals surface area contributed by atoms with Crippen LogP contribution in [0, 0.1) is 0 Å². The molecule has 0 unspecified atom stereocenters. The number of halogens is 3. The molecule has 9 nitrogen and oxygen atoms in total. The number of rotatable bonds is 2. The molecule has 0 aliphatic heterocycles. The van der Waals surface area contributed by atoms with Crippen molar-refractivity contribution >= 4 is 11.9 Å². The van der Waals surface area contributed by atoms with Crippen LogP contribution in [-0.4, -0.2) is 35.7 Å². The average molecular weight is 303 g/mol. The molecule has 0 spiro atoms. The van der Waals surface area contributed by atoms with Gasteiger partial charge in [-0.3, -0.25) is 19.5 Å². The number of anilines is 1. The Morgan fingerprint density at radius 1 is 1.33 bits per heavy atom. The summed E-state index contributed by atoms with van der Waals surface area (Å²) in [6.45, 7) is 0. The minimum atomic E-state index is -4.84. The maximum Gasteiger partial charge on any atom is 0.423 e. The van der Waals surface area contributed by atoms with E-state index in [1.54, 1.807) is 0 Å². The third-order valence-corrected chi connectivity index (χ3v) is 2.52. The second-order valence-corrected chi connectivity index (χ2v) is 3.94. The van der Waals surface area contributed by atoms with E-state index >= 15 is 0 Å². The van der Waals surface area contributed by atoms with Crippen molar-refractivity contribution in [2.45, 2.75) is 6.18 Å². The molecule has 0 atom stereocenters. The van der Waals surface area contributed by atoms with Gasteiger partial charge in [0.05, 0.1) is 0 Å². The Morgan fingerprint density at radius 3 is 2.52 bits per heavy atom. The lowest BCUT2D eigenvalue weighted by Crippen LogP contribution is -2.33. The Bertz CT molecular complexity index is 749. The summed E-state index contributed by atoms with van der Waals surface area (Å²) in [6.07, 6.45) is -4.53. The van der Waals surface area contributed by atoms with Gasteiger partial charge in [-0.1, -0.05) is 5.10 Å². The molecule has 0 radical (unpaired) electrons. The molecule has 112 valence electrons. The summed E-state index contributed by atoms with van der Waals surface area (Å²) in [5.41, 5.74) is -2.83. The molecule has 2 aromatic heterocycles. The van der Waals surface area contributed by atoms with Gasteiger partial charge in [-0.15, -0.1) is 0 Å². The third-order valence-electron chi connectivity index (χ3n) is 2.52. The van der Waals surface area contributed by atoms with Crippen LogP contribution in [0.4, 0.5) is 19.1 Å². The summed E-state index contributed by atoms with van der Waals surface area (Å²) in [6, 6.07) is 0. The maximum atomic E-state index is 12.5. The van der Waals surface area contributed by atoms with Crippen LogP contribution < -0.4 is 10.9 Å². The summed E-state index contributed by atoms with van der Waals surface area (Å²) in [5, 5.41) is 12.4. The molecule has 2 heterocycles. The highest BCUT2D eigenvalue weighted by atomic mass is 19.4. The molecule has 1 N–H and O–H groups in total. The average Bonchev–Trinajstić information content (AvgIpc) is 2.76.